The lowest BCUT2D eigenvalue weighted by Crippen LogP contribution is -2.45. The number of piperazine rings is 1. The number of carbonyl (C=O) groups is 1. The monoisotopic (exact) mass is 226 g/mol. The van der Waals surface area contributed by atoms with E-state index in [1.165, 1.54) is 0 Å². The Morgan fingerprint density at radius 2 is 1.94 bits per heavy atom. The van der Waals surface area contributed by atoms with Crippen LogP contribution in [-0.2, 0) is 9.53 Å². The molecule has 0 amide bonds. The van der Waals surface area contributed by atoms with Gasteiger partial charge in [-0.2, -0.15) is 0 Å². The molecule has 0 aromatic carbocycles. The Morgan fingerprint density at radius 1 is 1.31 bits per heavy atom. The predicted molar refractivity (Wildman–Crippen MR) is 64.3 cm³/mol. The van der Waals surface area contributed by atoms with Gasteiger partial charge in [-0.05, 0) is 13.5 Å². The van der Waals surface area contributed by atoms with Gasteiger partial charge in [-0.15, -0.1) is 0 Å². The molecule has 1 saturated heterocycles. The number of rotatable bonds is 5. The molecule has 0 aromatic heterocycles. The first-order chi connectivity index (χ1) is 7.63. The summed E-state index contributed by atoms with van der Waals surface area (Å²) in [5.41, 5.74) is 0.554. The van der Waals surface area contributed by atoms with Crippen LogP contribution in [0.25, 0.3) is 0 Å². The fourth-order valence-electron chi connectivity index (χ4n) is 1.59. The fraction of sp³-hybridized carbons (Fsp3) is 0.750. The van der Waals surface area contributed by atoms with Crippen molar-refractivity contribution in [1.82, 2.24) is 9.80 Å². The fourth-order valence-corrected chi connectivity index (χ4v) is 1.59. The molecule has 0 aliphatic carbocycles. The largest absolute Gasteiger partial charge is 0.461 e. The topological polar surface area (TPSA) is 32.8 Å². The average molecular weight is 226 g/mol. The number of carbonyl (C=O) groups excluding carboxylic acids is 1. The zero-order chi connectivity index (χ0) is 12.0. The summed E-state index contributed by atoms with van der Waals surface area (Å²) in [5.74, 6) is -0.253. The summed E-state index contributed by atoms with van der Waals surface area (Å²) in [4.78, 5) is 15.9. The van der Waals surface area contributed by atoms with E-state index in [1.54, 1.807) is 0 Å². The third kappa shape index (κ3) is 4.33. The van der Waals surface area contributed by atoms with Gasteiger partial charge in [0.05, 0.1) is 0 Å². The molecular weight excluding hydrogens is 204 g/mol. The lowest BCUT2D eigenvalue weighted by atomic mass is 10.2. The molecule has 0 spiro atoms. The van der Waals surface area contributed by atoms with Crippen LogP contribution in [0.4, 0.5) is 0 Å². The summed E-state index contributed by atoms with van der Waals surface area (Å²) in [7, 11) is 2.13. The quantitative estimate of drug-likeness (QED) is 0.511. The van der Waals surface area contributed by atoms with Crippen molar-refractivity contribution in [1.29, 1.82) is 0 Å². The smallest absolute Gasteiger partial charge is 0.333 e. The van der Waals surface area contributed by atoms with E-state index in [2.05, 4.69) is 23.4 Å². The van der Waals surface area contributed by atoms with Crippen LogP contribution in [-0.4, -0.2) is 62.1 Å². The highest BCUT2D eigenvalue weighted by molar-refractivity contribution is 5.87. The summed E-state index contributed by atoms with van der Waals surface area (Å²) >= 11 is 0. The van der Waals surface area contributed by atoms with E-state index >= 15 is 0 Å². The highest BCUT2D eigenvalue weighted by Crippen LogP contribution is 2.01. The van der Waals surface area contributed by atoms with E-state index < -0.39 is 0 Å². The Hall–Kier alpha value is -0.870. The van der Waals surface area contributed by atoms with E-state index in [4.69, 9.17) is 4.74 Å². The van der Waals surface area contributed by atoms with Gasteiger partial charge in [0, 0.05) is 38.3 Å². The average Bonchev–Trinajstić information content (AvgIpc) is 2.30. The Bertz CT molecular complexity index is 245. The van der Waals surface area contributed by atoms with Gasteiger partial charge in [-0.1, -0.05) is 13.5 Å². The number of nitrogens with zero attached hydrogens (tertiary/aromatic N) is 2. The van der Waals surface area contributed by atoms with Gasteiger partial charge in [0.2, 0.25) is 0 Å². The number of esters is 1. The summed E-state index contributed by atoms with van der Waals surface area (Å²) in [6.45, 7) is 11.2. The molecule has 1 fully saturated rings. The molecule has 1 rings (SSSR count). The first kappa shape index (κ1) is 13.2. The standard InChI is InChI=1S/C12H22N2O2/c1-4-11(2)12(15)16-10-9-14-7-5-13(3)6-8-14/h2,4-10H2,1,3H3. The van der Waals surface area contributed by atoms with Gasteiger partial charge in [0.25, 0.3) is 0 Å². The van der Waals surface area contributed by atoms with Crippen LogP contribution >= 0.6 is 0 Å². The lowest BCUT2D eigenvalue weighted by Gasteiger charge is -2.32. The molecule has 0 unspecified atom stereocenters. The van der Waals surface area contributed by atoms with Gasteiger partial charge in [-0.3, -0.25) is 4.90 Å². The number of ether oxygens (including phenoxy) is 1. The van der Waals surface area contributed by atoms with Crippen molar-refractivity contribution in [3.8, 4) is 0 Å². The second kappa shape index (κ2) is 6.66. The van der Waals surface area contributed by atoms with Gasteiger partial charge in [-0.25, -0.2) is 4.79 Å². The van der Waals surface area contributed by atoms with Crippen molar-refractivity contribution >= 4 is 5.97 Å². The Balaban J connectivity index is 2.11. The summed E-state index contributed by atoms with van der Waals surface area (Å²) in [6.07, 6.45) is 0.660. The molecule has 0 bridgehead atoms. The SMILES string of the molecule is C=C(CC)C(=O)OCCN1CCN(C)CC1. The van der Waals surface area contributed by atoms with Crippen LogP contribution in [0.15, 0.2) is 12.2 Å². The molecule has 1 aliphatic heterocycles. The predicted octanol–water partition coefficient (Wildman–Crippen LogP) is 0.743. The molecule has 16 heavy (non-hydrogen) atoms. The van der Waals surface area contributed by atoms with Crippen LogP contribution in [0.3, 0.4) is 0 Å². The normalized spacial score (nSPS) is 18.4. The molecule has 92 valence electrons. The van der Waals surface area contributed by atoms with Crippen molar-refractivity contribution in [2.45, 2.75) is 13.3 Å². The number of likely N-dealkylation sites (N-methyl/N-ethyl adjacent to an activating group) is 1. The van der Waals surface area contributed by atoms with E-state index in [0.29, 0.717) is 18.6 Å². The van der Waals surface area contributed by atoms with Gasteiger partial charge in [0.1, 0.15) is 6.61 Å². The van der Waals surface area contributed by atoms with Crippen LogP contribution in [0.2, 0.25) is 0 Å². The van der Waals surface area contributed by atoms with Gasteiger partial charge >= 0.3 is 5.97 Å². The number of hydrogen-bond acceptors (Lipinski definition) is 4. The minimum Gasteiger partial charge on any atom is -0.461 e. The Kier molecular flexibility index (Phi) is 5.49. The zero-order valence-corrected chi connectivity index (χ0v) is 10.4. The second-order valence-corrected chi connectivity index (χ2v) is 4.24. The van der Waals surface area contributed by atoms with Crippen LogP contribution in [0, 0.1) is 0 Å². The summed E-state index contributed by atoms with van der Waals surface area (Å²) < 4.78 is 5.13. The zero-order valence-electron chi connectivity index (χ0n) is 10.4. The maximum absolute atomic E-state index is 11.3. The van der Waals surface area contributed by atoms with Crippen molar-refractivity contribution < 1.29 is 9.53 Å². The van der Waals surface area contributed by atoms with Crippen molar-refractivity contribution in [3.63, 3.8) is 0 Å². The highest BCUT2D eigenvalue weighted by Gasteiger charge is 2.14. The molecule has 1 aliphatic rings. The molecule has 0 atom stereocenters. The third-order valence-electron chi connectivity index (χ3n) is 2.95. The van der Waals surface area contributed by atoms with Gasteiger partial charge < -0.3 is 9.64 Å². The lowest BCUT2D eigenvalue weighted by molar-refractivity contribution is -0.139. The van der Waals surface area contributed by atoms with E-state index in [9.17, 15) is 4.79 Å². The van der Waals surface area contributed by atoms with Crippen LogP contribution in [0.1, 0.15) is 13.3 Å². The van der Waals surface area contributed by atoms with Crippen LogP contribution < -0.4 is 0 Å². The molecule has 1 heterocycles. The highest BCUT2D eigenvalue weighted by atomic mass is 16.5. The molecule has 0 radical (unpaired) electrons. The molecule has 0 aromatic rings. The molecule has 0 saturated carbocycles. The van der Waals surface area contributed by atoms with Crippen molar-refractivity contribution in [2.24, 2.45) is 0 Å². The van der Waals surface area contributed by atoms with Crippen LogP contribution in [0.5, 0.6) is 0 Å². The van der Waals surface area contributed by atoms with Crippen molar-refractivity contribution in [2.75, 3.05) is 46.4 Å². The second-order valence-electron chi connectivity index (χ2n) is 4.24. The van der Waals surface area contributed by atoms with E-state index in [0.717, 1.165) is 32.7 Å². The summed E-state index contributed by atoms with van der Waals surface area (Å²) in [5, 5.41) is 0. The maximum Gasteiger partial charge on any atom is 0.333 e. The van der Waals surface area contributed by atoms with Gasteiger partial charge in [0.15, 0.2) is 0 Å². The third-order valence-corrected chi connectivity index (χ3v) is 2.95. The molecular formula is C12H22N2O2. The minimum absolute atomic E-state index is 0.253. The molecule has 4 heteroatoms. The first-order valence-electron chi connectivity index (χ1n) is 5.89. The Morgan fingerprint density at radius 3 is 2.50 bits per heavy atom. The van der Waals surface area contributed by atoms with E-state index in [-0.39, 0.29) is 5.97 Å². The number of hydrogen-bond donors (Lipinski definition) is 0. The van der Waals surface area contributed by atoms with Crippen molar-refractivity contribution in [3.05, 3.63) is 12.2 Å². The Labute approximate surface area is 97.9 Å². The first-order valence-corrected chi connectivity index (χ1v) is 5.89. The molecule has 0 N–H and O–H groups in total. The molecule has 4 nitrogen and oxygen atoms in total. The minimum atomic E-state index is -0.253. The maximum atomic E-state index is 11.3. The summed E-state index contributed by atoms with van der Waals surface area (Å²) in [6, 6.07) is 0. The van der Waals surface area contributed by atoms with E-state index in [1.807, 2.05) is 6.92 Å².